The lowest BCUT2D eigenvalue weighted by atomic mass is 9.99. The Morgan fingerprint density at radius 2 is 1.79 bits per heavy atom. The molecule has 1 unspecified atom stereocenters. The fourth-order valence-corrected chi connectivity index (χ4v) is 6.23. The first-order valence-electron chi connectivity index (χ1n) is 13.6. The lowest BCUT2D eigenvalue weighted by molar-refractivity contribution is -0.123. The molecule has 0 saturated carbocycles. The number of methoxy groups -OCH3 is 3. The minimum absolute atomic E-state index is 0.152. The Kier molecular flexibility index (Phi) is 9.14. The number of anilines is 1. The van der Waals surface area contributed by atoms with Crippen molar-refractivity contribution in [2.75, 3.05) is 51.7 Å². The number of thioether (sulfide) groups is 1. The molecule has 1 aromatic heterocycles. The van der Waals surface area contributed by atoms with E-state index in [4.69, 9.17) is 19.3 Å². The molecule has 0 radical (unpaired) electrons. The van der Waals surface area contributed by atoms with Crippen LogP contribution in [0, 0.1) is 6.92 Å². The lowest BCUT2D eigenvalue weighted by Crippen LogP contribution is -2.43. The number of ether oxygens (including phenoxy) is 3. The summed E-state index contributed by atoms with van der Waals surface area (Å²) in [6.07, 6.45) is 0. The molecule has 5 rings (SSSR count). The van der Waals surface area contributed by atoms with Crippen molar-refractivity contribution in [3.05, 3.63) is 89.5 Å². The van der Waals surface area contributed by atoms with E-state index >= 15 is 0 Å². The summed E-state index contributed by atoms with van der Waals surface area (Å²) in [6.45, 7) is 2.58. The Bertz CT molecular complexity index is 1570. The number of fused-ring (bicyclic) bond motifs is 1. The highest BCUT2D eigenvalue weighted by molar-refractivity contribution is 8.00. The van der Waals surface area contributed by atoms with E-state index in [1.165, 1.54) is 11.8 Å². The molecule has 1 aliphatic rings. The van der Waals surface area contributed by atoms with E-state index in [0.29, 0.717) is 30.5 Å². The average molecular weight is 587 g/mol. The molecule has 2 amide bonds. The van der Waals surface area contributed by atoms with Gasteiger partial charge in [0, 0.05) is 24.8 Å². The van der Waals surface area contributed by atoms with Crippen LogP contribution in [0.5, 0.6) is 11.5 Å². The fourth-order valence-electron chi connectivity index (χ4n) is 5.04. The van der Waals surface area contributed by atoms with Gasteiger partial charge in [0.25, 0.3) is 0 Å². The molecule has 0 spiro atoms. The molecule has 10 heteroatoms. The topological polar surface area (TPSA) is 94.9 Å². The van der Waals surface area contributed by atoms with Gasteiger partial charge < -0.3 is 19.5 Å². The summed E-state index contributed by atoms with van der Waals surface area (Å²) in [7, 11) is 4.78. The van der Waals surface area contributed by atoms with Gasteiger partial charge in [-0.2, -0.15) is 5.10 Å². The van der Waals surface area contributed by atoms with Crippen molar-refractivity contribution in [1.29, 1.82) is 0 Å². The summed E-state index contributed by atoms with van der Waals surface area (Å²) >= 11 is 1.50. The van der Waals surface area contributed by atoms with Crippen LogP contribution in [0.3, 0.4) is 0 Å². The van der Waals surface area contributed by atoms with Crippen molar-refractivity contribution in [3.63, 3.8) is 0 Å². The SMILES string of the molecule is COCCNC(=O)CN1C(=O)CSC(c2ccc(OC)c(OC)c2)c2c(-c3ccccc3)nn(-c3cccc(C)c3)c21. The summed E-state index contributed by atoms with van der Waals surface area (Å²) in [5, 5.41) is 7.70. The molecule has 1 atom stereocenters. The van der Waals surface area contributed by atoms with E-state index in [1.54, 1.807) is 30.9 Å². The summed E-state index contributed by atoms with van der Waals surface area (Å²) in [5.41, 5.74) is 5.26. The first kappa shape index (κ1) is 29.2. The molecule has 4 aromatic rings. The number of rotatable bonds is 10. The summed E-state index contributed by atoms with van der Waals surface area (Å²) in [6, 6.07) is 23.7. The molecule has 0 bridgehead atoms. The zero-order chi connectivity index (χ0) is 29.6. The molecule has 3 aromatic carbocycles. The Morgan fingerprint density at radius 3 is 2.50 bits per heavy atom. The highest BCUT2D eigenvalue weighted by Gasteiger charge is 2.38. The van der Waals surface area contributed by atoms with Gasteiger partial charge in [-0.25, -0.2) is 4.68 Å². The van der Waals surface area contributed by atoms with Crippen LogP contribution < -0.4 is 19.7 Å². The van der Waals surface area contributed by atoms with Gasteiger partial charge in [0.15, 0.2) is 11.5 Å². The summed E-state index contributed by atoms with van der Waals surface area (Å²) in [4.78, 5) is 28.5. The fraction of sp³-hybridized carbons (Fsp3) is 0.281. The second-order valence-electron chi connectivity index (χ2n) is 9.83. The molecule has 42 heavy (non-hydrogen) atoms. The number of carbonyl (C=O) groups excluding carboxylic acids is 2. The third-order valence-electron chi connectivity index (χ3n) is 7.02. The minimum Gasteiger partial charge on any atom is -0.493 e. The molecule has 9 nitrogen and oxygen atoms in total. The van der Waals surface area contributed by atoms with Crippen LogP contribution in [-0.2, 0) is 14.3 Å². The van der Waals surface area contributed by atoms with Crippen molar-refractivity contribution in [1.82, 2.24) is 15.1 Å². The van der Waals surface area contributed by atoms with Crippen molar-refractivity contribution < 1.29 is 23.8 Å². The highest BCUT2D eigenvalue weighted by Crippen LogP contribution is 2.49. The van der Waals surface area contributed by atoms with Gasteiger partial charge in [-0.3, -0.25) is 14.5 Å². The molecule has 1 N–H and O–H groups in total. The van der Waals surface area contributed by atoms with Gasteiger partial charge in [0.05, 0.1) is 43.2 Å². The minimum atomic E-state index is -0.293. The number of hydrogen-bond donors (Lipinski definition) is 1. The van der Waals surface area contributed by atoms with E-state index in [2.05, 4.69) is 5.32 Å². The van der Waals surface area contributed by atoms with Gasteiger partial charge in [0.1, 0.15) is 12.4 Å². The molecule has 0 aliphatic carbocycles. The van der Waals surface area contributed by atoms with E-state index in [9.17, 15) is 9.59 Å². The quantitative estimate of drug-likeness (QED) is 0.267. The van der Waals surface area contributed by atoms with Gasteiger partial charge in [-0.05, 0) is 42.3 Å². The van der Waals surface area contributed by atoms with E-state index in [1.807, 2.05) is 79.7 Å². The van der Waals surface area contributed by atoms with Gasteiger partial charge in [-0.15, -0.1) is 11.8 Å². The van der Waals surface area contributed by atoms with E-state index in [0.717, 1.165) is 33.6 Å². The number of carbonyl (C=O) groups is 2. The second-order valence-corrected chi connectivity index (χ2v) is 10.9. The zero-order valence-corrected chi connectivity index (χ0v) is 24.9. The van der Waals surface area contributed by atoms with Crippen LogP contribution in [-0.4, -0.2) is 68.4 Å². The Labute approximate surface area is 249 Å². The number of nitrogens with one attached hydrogen (secondary N) is 1. The normalized spacial score (nSPS) is 14.7. The third-order valence-corrected chi connectivity index (χ3v) is 8.28. The summed E-state index contributed by atoms with van der Waals surface area (Å²) < 4.78 is 18.0. The van der Waals surface area contributed by atoms with Crippen LogP contribution in [0.4, 0.5) is 5.82 Å². The first-order valence-corrected chi connectivity index (χ1v) is 14.6. The smallest absolute Gasteiger partial charge is 0.240 e. The number of aryl methyl sites for hydroxylation is 1. The molecule has 2 heterocycles. The third kappa shape index (κ3) is 6.00. The standard InChI is InChI=1S/C32H34N4O5S/c1-21-9-8-12-24(17-21)36-32-29(30(34-36)22-10-6-5-7-11-22)31(23-13-14-25(40-3)26(18-23)41-4)42-20-28(38)35(32)19-27(37)33-15-16-39-2/h5-14,17-18,31H,15-16,19-20H2,1-4H3,(H,33,37). The molecular formula is C32H34N4O5S. The van der Waals surface area contributed by atoms with Crippen molar-refractivity contribution in [2.24, 2.45) is 0 Å². The molecular weight excluding hydrogens is 552 g/mol. The lowest BCUT2D eigenvalue weighted by Gasteiger charge is -2.23. The zero-order valence-electron chi connectivity index (χ0n) is 24.1. The van der Waals surface area contributed by atoms with Crippen LogP contribution in [0.2, 0.25) is 0 Å². The molecule has 0 saturated heterocycles. The number of aromatic nitrogens is 2. The number of hydrogen-bond acceptors (Lipinski definition) is 7. The van der Waals surface area contributed by atoms with Crippen molar-refractivity contribution >= 4 is 29.4 Å². The largest absolute Gasteiger partial charge is 0.493 e. The van der Waals surface area contributed by atoms with Crippen molar-refractivity contribution in [2.45, 2.75) is 12.2 Å². The molecule has 1 aliphatic heterocycles. The maximum atomic E-state index is 13.9. The molecule has 218 valence electrons. The van der Waals surface area contributed by atoms with Gasteiger partial charge in [0.2, 0.25) is 11.8 Å². The number of amides is 2. The monoisotopic (exact) mass is 586 g/mol. The van der Waals surface area contributed by atoms with Gasteiger partial charge >= 0.3 is 0 Å². The molecule has 0 fully saturated rings. The Balaban J connectivity index is 1.76. The predicted molar refractivity (Wildman–Crippen MR) is 165 cm³/mol. The highest BCUT2D eigenvalue weighted by atomic mass is 32.2. The van der Waals surface area contributed by atoms with Crippen molar-refractivity contribution in [3.8, 4) is 28.4 Å². The number of benzene rings is 3. The Morgan fingerprint density at radius 1 is 1.00 bits per heavy atom. The summed E-state index contributed by atoms with van der Waals surface area (Å²) in [5.74, 6) is 1.48. The van der Waals surface area contributed by atoms with Gasteiger partial charge in [-0.1, -0.05) is 48.5 Å². The Hall–Kier alpha value is -4.28. The van der Waals surface area contributed by atoms with E-state index in [-0.39, 0.29) is 29.4 Å². The average Bonchev–Trinajstić information content (AvgIpc) is 3.34. The maximum Gasteiger partial charge on any atom is 0.240 e. The van der Waals surface area contributed by atoms with E-state index < -0.39 is 0 Å². The number of nitrogens with zero attached hydrogens (tertiary/aromatic N) is 3. The van der Waals surface area contributed by atoms with Crippen LogP contribution in [0.15, 0.2) is 72.8 Å². The van der Waals surface area contributed by atoms with Crippen LogP contribution in [0.25, 0.3) is 16.9 Å². The van der Waals surface area contributed by atoms with Crippen LogP contribution in [0.1, 0.15) is 21.9 Å². The van der Waals surface area contributed by atoms with Crippen LogP contribution >= 0.6 is 11.8 Å². The maximum absolute atomic E-state index is 13.9. The second kappa shape index (κ2) is 13.1. The predicted octanol–water partition coefficient (Wildman–Crippen LogP) is 4.80. The first-order chi connectivity index (χ1) is 20.4.